The predicted octanol–water partition coefficient (Wildman–Crippen LogP) is 4.93. The predicted molar refractivity (Wildman–Crippen MR) is 83.3 cm³/mol. The molecule has 1 aromatic rings. The second kappa shape index (κ2) is 7.39. The van der Waals surface area contributed by atoms with Crippen LogP contribution < -0.4 is 10.1 Å². The molecule has 0 amide bonds. The molecule has 0 saturated heterocycles. The van der Waals surface area contributed by atoms with Gasteiger partial charge in [0.25, 0.3) is 0 Å². The minimum atomic E-state index is 0.0698. The van der Waals surface area contributed by atoms with E-state index in [1.807, 2.05) is 18.2 Å². The van der Waals surface area contributed by atoms with Gasteiger partial charge in [-0.1, -0.05) is 40.9 Å². The summed E-state index contributed by atoms with van der Waals surface area (Å²) in [5.74, 6) is 0.595. The highest BCUT2D eigenvalue weighted by Crippen LogP contribution is 2.26. The van der Waals surface area contributed by atoms with E-state index in [1.54, 1.807) is 0 Å². The second-order valence-corrected chi connectivity index (χ2v) is 6.32. The fourth-order valence-corrected chi connectivity index (χ4v) is 1.69. The fraction of sp³-hybridized carbons (Fsp3) is 0.429. The van der Waals surface area contributed by atoms with E-state index < -0.39 is 0 Å². The first kappa shape index (κ1) is 16.6. The highest BCUT2D eigenvalue weighted by Gasteiger charge is 2.09. The Bertz CT molecular complexity index is 452. The topological polar surface area (TPSA) is 21.3 Å². The number of rotatable bonds is 5. The zero-order chi connectivity index (χ0) is 14.5. The van der Waals surface area contributed by atoms with Crippen molar-refractivity contribution in [2.45, 2.75) is 32.9 Å². The van der Waals surface area contributed by atoms with Crippen molar-refractivity contribution < 1.29 is 4.74 Å². The van der Waals surface area contributed by atoms with E-state index in [0.29, 0.717) is 15.8 Å². The first-order valence-electron chi connectivity index (χ1n) is 5.93. The number of ether oxygens (including phenoxy) is 1. The zero-order valence-corrected chi connectivity index (χ0v) is 13.5. The number of nitrogens with one attached hydrogen (secondary N) is 1. The Morgan fingerprint density at radius 2 is 2.05 bits per heavy atom. The Kier molecular flexibility index (Phi) is 6.48. The van der Waals surface area contributed by atoms with Crippen molar-refractivity contribution in [1.82, 2.24) is 5.32 Å². The van der Waals surface area contributed by atoms with Crippen LogP contribution in [-0.4, -0.2) is 12.1 Å². The van der Waals surface area contributed by atoms with E-state index in [1.165, 1.54) is 5.54 Å². The lowest BCUT2D eigenvalue weighted by atomic mass is 10.1. The lowest BCUT2D eigenvalue weighted by Gasteiger charge is -2.20. The van der Waals surface area contributed by atoms with Crippen LogP contribution in [0, 0.1) is 0 Å². The lowest BCUT2D eigenvalue weighted by Crippen LogP contribution is -2.35. The highest BCUT2D eigenvalue weighted by molar-refractivity contribution is 6.36. The van der Waals surface area contributed by atoms with Gasteiger partial charge >= 0.3 is 0 Å². The minimum Gasteiger partial charge on any atom is -0.486 e. The van der Waals surface area contributed by atoms with Crippen molar-refractivity contribution in [3.05, 3.63) is 39.4 Å². The summed E-state index contributed by atoms with van der Waals surface area (Å²) in [7, 11) is 0. The Morgan fingerprint density at radius 3 is 2.58 bits per heavy atom. The molecule has 0 aliphatic heterocycles. The summed E-state index contributed by atoms with van der Waals surface area (Å²) in [6.45, 7) is 7.32. The smallest absolute Gasteiger partial charge is 0.138 e. The van der Waals surface area contributed by atoms with E-state index in [0.717, 1.165) is 12.1 Å². The maximum Gasteiger partial charge on any atom is 0.138 e. The van der Waals surface area contributed by atoms with Crippen LogP contribution >= 0.6 is 34.8 Å². The van der Waals surface area contributed by atoms with Gasteiger partial charge in [0.05, 0.1) is 10.1 Å². The first-order chi connectivity index (χ1) is 8.81. The van der Waals surface area contributed by atoms with Gasteiger partial charge in [0.15, 0.2) is 0 Å². The molecule has 0 heterocycles. The molecular formula is C14H18Cl3NO. The molecule has 1 aromatic carbocycles. The van der Waals surface area contributed by atoms with Crippen molar-refractivity contribution in [3.8, 4) is 5.75 Å². The van der Waals surface area contributed by atoms with E-state index >= 15 is 0 Å². The summed E-state index contributed by atoms with van der Waals surface area (Å²) in [6.07, 6.45) is 0. The van der Waals surface area contributed by atoms with Gasteiger partial charge in [0.1, 0.15) is 12.4 Å². The third-order valence-electron chi connectivity index (χ3n) is 2.30. The number of benzene rings is 1. The van der Waals surface area contributed by atoms with Gasteiger partial charge in [-0.2, -0.15) is 0 Å². The number of hydrogen-bond acceptors (Lipinski definition) is 2. The molecule has 0 fully saturated rings. The molecule has 1 N–H and O–H groups in total. The van der Waals surface area contributed by atoms with Crippen LogP contribution in [0.2, 0.25) is 5.02 Å². The van der Waals surface area contributed by atoms with Crippen molar-refractivity contribution in [1.29, 1.82) is 0 Å². The Labute approximate surface area is 129 Å². The van der Waals surface area contributed by atoms with Crippen LogP contribution in [0.4, 0.5) is 0 Å². The maximum absolute atomic E-state index is 6.16. The van der Waals surface area contributed by atoms with E-state index in [9.17, 15) is 0 Å². The van der Waals surface area contributed by atoms with Crippen molar-refractivity contribution >= 4 is 34.8 Å². The Balaban J connectivity index is 2.64. The van der Waals surface area contributed by atoms with Crippen LogP contribution in [0.25, 0.3) is 0 Å². The molecule has 0 aliphatic rings. The zero-order valence-electron chi connectivity index (χ0n) is 11.3. The highest BCUT2D eigenvalue weighted by atomic mass is 35.5. The first-order valence-corrected chi connectivity index (χ1v) is 7.12. The number of halogens is 3. The molecule has 0 unspecified atom stereocenters. The summed E-state index contributed by atoms with van der Waals surface area (Å²) in [6, 6.07) is 5.69. The van der Waals surface area contributed by atoms with Crippen LogP contribution in [0.1, 0.15) is 26.3 Å². The quantitative estimate of drug-likeness (QED) is 0.830. The molecular weight excluding hydrogens is 305 g/mol. The van der Waals surface area contributed by atoms with Crippen molar-refractivity contribution in [2.24, 2.45) is 0 Å². The monoisotopic (exact) mass is 321 g/mol. The van der Waals surface area contributed by atoms with Crippen LogP contribution in [0.15, 0.2) is 28.8 Å². The van der Waals surface area contributed by atoms with Crippen molar-refractivity contribution in [3.63, 3.8) is 0 Å². The normalized spacial score (nSPS) is 12.6. The molecule has 1 rings (SSSR count). The summed E-state index contributed by atoms with van der Waals surface area (Å²) < 4.78 is 5.45. The SMILES string of the molecule is CC(C)(C)NCc1ccc(OCC(Cl)=CCl)c(Cl)c1. The molecule has 2 nitrogen and oxygen atoms in total. The third kappa shape index (κ3) is 6.53. The van der Waals surface area contributed by atoms with Gasteiger partial charge < -0.3 is 10.1 Å². The average Bonchev–Trinajstić information content (AvgIpc) is 2.34. The molecule has 0 aromatic heterocycles. The van der Waals surface area contributed by atoms with Crippen LogP contribution in [0.5, 0.6) is 5.75 Å². The maximum atomic E-state index is 6.16. The van der Waals surface area contributed by atoms with E-state index in [2.05, 4.69) is 26.1 Å². The molecule has 106 valence electrons. The third-order valence-corrected chi connectivity index (χ3v) is 3.19. The molecule has 19 heavy (non-hydrogen) atoms. The van der Waals surface area contributed by atoms with E-state index in [-0.39, 0.29) is 12.1 Å². The molecule has 0 aliphatic carbocycles. The fourth-order valence-electron chi connectivity index (χ4n) is 1.32. The number of hydrogen-bond donors (Lipinski definition) is 1. The lowest BCUT2D eigenvalue weighted by molar-refractivity contribution is 0.359. The van der Waals surface area contributed by atoms with Gasteiger partial charge in [-0.15, -0.1) is 0 Å². The molecule has 0 saturated carbocycles. The van der Waals surface area contributed by atoms with Gasteiger partial charge in [0.2, 0.25) is 0 Å². The van der Waals surface area contributed by atoms with Crippen molar-refractivity contribution in [2.75, 3.05) is 6.61 Å². The van der Waals surface area contributed by atoms with Gasteiger partial charge in [-0.25, -0.2) is 0 Å². The standard InChI is InChI=1S/C14H18Cl3NO/c1-14(2,3)18-8-10-4-5-13(12(17)6-10)19-9-11(16)7-15/h4-7,18H,8-9H2,1-3H3. The average molecular weight is 323 g/mol. The summed E-state index contributed by atoms with van der Waals surface area (Å²) in [5.41, 5.74) is 2.45. The minimum absolute atomic E-state index is 0.0698. The summed E-state index contributed by atoms with van der Waals surface area (Å²) in [5, 5.41) is 4.39. The summed E-state index contributed by atoms with van der Waals surface area (Å²) >= 11 is 17.4. The molecule has 0 radical (unpaired) electrons. The van der Waals surface area contributed by atoms with Gasteiger partial charge in [-0.3, -0.25) is 0 Å². The van der Waals surface area contributed by atoms with Gasteiger partial charge in [0, 0.05) is 17.6 Å². The Hall–Kier alpha value is -0.410. The largest absolute Gasteiger partial charge is 0.486 e. The van der Waals surface area contributed by atoms with E-state index in [4.69, 9.17) is 39.5 Å². The second-order valence-electron chi connectivity index (χ2n) is 5.21. The molecule has 5 heteroatoms. The summed E-state index contributed by atoms with van der Waals surface area (Å²) in [4.78, 5) is 0. The van der Waals surface area contributed by atoms with Crippen LogP contribution in [0.3, 0.4) is 0 Å². The molecule has 0 bridgehead atoms. The Morgan fingerprint density at radius 1 is 1.37 bits per heavy atom. The van der Waals surface area contributed by atoms with Gasteiger partial charge in [-0.05, 0) is 38.5 Å². The molecule has 0 atom stereocenters. The van der Waals surface area contributed by atoms with Crippen LogP contribution in [-0.2, 0) is 6.54 Å². The molecule has 0 spiro atoms.